The highest BCUT2D eigenvalue weighted by molar-refractivity contribution is 5.96. The van der Waals surface area contributed by atoms with E-state index in [2.05, 4.69) is 0 Å². The maximum atomic E-state index is 12.0. The summed E-state index contributed by atoms with van der Waals surface area (Å²) in [6.07, 6.45) is -2.60. The van der Waals surface area contributed by atoms with E-state index in [0.29, 0.717) is 5.69 Å². The van der Waals surface area contributed by atoms with Crippen LogP contribution >= 0.6 is 0 Å². The lowest BCUT2D eigenvalue weighted by Crippen LogP contribution is -2.35. The molecule has 0 aliphatic heterocycles. The molecule has 0 saturated heterocycles. The summed E-state index contributed by atoms with van der Waals surface area (Å²) in [6, 6.07) is 3.26. The van der Waals surface area contributed by atoms with Gasteiger partial charge in [-0.15, -0.1) is 0 Å². The lowest BCUT2D eigenvalue weighted by atomic mass is 10.2. The van der Waals surface area contributed by atoms with Gasteiger partial charge in [0.05, 0.1) is 18.8 Å². The quantitative estimate of drug-likeness (QED) is 0.741. The SMILES string of the molecule is CN(CC(=O)c1cccn1C)CC(F)(F)F. The Bertz CT molecular complexity index is 370. The van der Waals surface area contributed by atoms with Gasteiger partial charge < -0.3 is 4.57 Å². The lowest BCUT2D eigenvalue weighted by molar-refractivity contribution is -0.141. The van der Waals surface area contributed by atoms with E-state index in [1.54, 1.807) is 29.9 Å². The molecule has 0 aliphatic carbocycles. The van der Waals surface area contributed by atoms with Gasteiger partial charge in [0.2, 0.25) is 0 Å². The summed E-state index contributed by atoms with van der Waals surface area (Å²) in [4.78, 5) is 12.5. The van der Waals surface area contributed by atoms with Crippen molar-refractivity contribution < 1.29 is 18.0 Å². The first-order valence-electron chi connectivity index (χ1n) is 4.69. The first kappa shape index (κ1) is 12.8. The summed E-state index contributed by atoms with van der Waals surface area (Å²) in [6.45, 7) is -1.32. The molecule has 1 rings (SSSR count). The topological polar surface area (TPSA) is 25.2 Å². The molecule has 0 aromatic carbocycles. The molecule has 1 aromatic rings. The molecule has 0 atom stereocenters. The largest absolute Gasteiger partial charge is 0.401 e. The Morgan fingerprint density at radius 1 is 1.50 bits per heavy atom. The Morgan fingerprint density at radius 3 is 2.56 bits per heavy atom. The number of likely N-dealkylation sites (N-methyl/N-ethyl adjacent to an activating group) is 1. The van der Waals surface area contributed by atoms with Crippen LogP contribution in [0, 0.1) is 0 Å². The van der Waals surface area contributed by atoms with Crippen LogP contribution in [-0.2, 0) is 7.05 Å². The highest BCUT2D eigenvalue weighted by Crippen LogP contribution is 2.15. The zero-order valence-electron chi connectivity index (χ0n) is 9.08. The Kier molecular flexibility index (Phi) is 3.74. The third-order valence-electron chi connectivity index (χ3n) is 2.09. The average Bonchev–Trinajstić information content (AvgIpc) is 2.47. The zero-order chi connectivity index (χ0) is 12.3. The highest BCUT2D eigenvalue weighted by Gasteiger charge is 2.30. The minimum absolute atomic E-state index is 0.239. The van der Waals surface area contributed by atoms with Crippen molar-refractivity contribution in [3.05, 3.63) is 24.0 Å². The summed E-state index contributed by atoms with van der Waals surface area (Å²) < 4.78 is 37.6. The molecular weight excluding hydrogens is 221 g/mol. The molecular formula is C10H13F3N2O. The molecule has 0 saturated carbocycles. The molecule has 0 spiro atoms. The molecule has 0 aliphatic rings. The number of nitrogens with zero attached hydrogens (tertiary/aromatic N) is 2. The number of rotatable bonds is 4. The number of ketones is 1. The van der Waals surface area contributed by atoms with Crippen molar-refractivity contribution in [2.75, 3.05) is 20.1 Å². The van der Waals surface area contributed by atoms with Crippen LogP contribution in [0.25, 0.3) is 0 Å². The fourth-order valence-corrected chi connectivity index (χ4v) is 1.44. The molecule has 3 nitrogen and oxygen atoms in total. The lowest BCUT2D eigenvalue weighted by Gasteiger charge is -2.17. The molecule has 1 heterocycles. The number of alkyl halides is 3. The first-order chi connectivity index (χ1) is 7.29. The minimum atomic E-state index is -4.27. The fraction of sp³-hybridized carbons (Fsp3) is 0.500. The molecule has 16 heavy (non-hydrogen) atoms. The second-order valence-corrected chi connectivity index (χ2v) is 3.71. The van der Waals surface area contributed by atoms with Crippen molar-refractivity contribution in [3.8, 4) is 0 Å². The Balaban J connectivity index is 2.56. The van der Waals surface area contributed by atoms with E-state index in [4.69, 9.17) is 0 Å². The van der Waals surface area contributed by atoms with E-state index in [9.17, 15) is 18.0 Å². The van der Waals surface area contributed by atoms with Crippen molar-refractivity contribution in [3.63, 3.8) is 0 Å². The normalized spacial score (nSPS) is 12.1. The van der Waals surface area contributed by atoms with Gasteiger partial charge in [0.25, 0.3) is 0 Å². The van der Waals surface area contributed by atoms with Gasteiger partial charge in [-0.2, -0.15) is 13.2 Å². The maximum absolute atomic E-state index is 12.0. The number of hydrogen-bond donors (Lipinski definition) is 0. The van der Waals surface area contributed by atoms with E-state index < -0.39 is 12.7 Å². The average molecular weight is 234 g/mol. The van der Waals surface area contributed by atoms with Crippen molar-refractivity contribution in [2.24, 2.45) is 7.05 Å². The van der Waals surface area contributed by atoms with Crippen LogP contribution in [-0.4, -0.2) is 41.6 Å². The summed E-state index contributed by atoms with van der Waals surface area (Å²) in [5, 5.41) is 0. The molecule has 0 N–H and O–H groups in total. The van der Waals surface area contributed by atoms with Gasteiger partial charge in [-0.05, 0) is 19.2 Å². The van der Waals surface area contributed by atoms with Gasteiger partial charge in [0.15, 0.2) is 5.78 Å². The van der Waals surface area contributed by atoms with Crippen LogP contribution in [0.3, 0.4) is 0 Å². The fourth-order valence-electron chi connectivity index (χ4n) is 1.44. The number of aryl methyl sites for hydroxylation is 1. The van der Waals surface area contributed by atoms with Crippen molar-refractivity contribution in [1.82, 2.24) is 9.47 Å². The smallest absolute Gasteiger partial charge is 0.348 e. The molecule has 6 heteroatoms. The summed E-state index contributed by atoms with van der Waals surface area (Å²) in [5.41, 5.74) is 0.411. The zero-order valence-corrected chi connectivity index (χ0v) is 9.08. The van der Waals surface area contributed by atoms with Gasteiger partial charge in [0, 0.05) is 13.2 Å². The van der Waals surface area contributed by atoms with Gasteiger partial charge in [0.1, 0.15) is 0 Å². The number of carbonyl (C=O) groups is 1. The summed E-state index contributed by atoms with van der Waals surface area (Å²) in [7, 11) is 2.95. The summed E-state index contributed by atoms with van der Waals surface area (Å²) >= 11 is 0. The number of hydrogen-bond acceptors (Lipinski definition) is 2. The van der Waals surface area contributed by atoms with Crippen LogP contribution in [0.2, 0.25) is 0 Å². The predicted octanol–water partition coefficient (Wildman–Crippen LogP) is 1.70. The van der Waals surface area contributed by atoms with Crippen LogP contribution < -0.4 is 0 Å². The number of carbonyl (C=O) groups excluding carboxylic acids is 1. The Hall–Kier alpha value is -1.30. The molecule has 0 bridgehead atoms. The molecule has 0 amide bonds. The van der Waals surface area contributed by atoms with Crippen LogP contribution in [0.5, 0.6) is 0 Å². The Morgan fingerprint density at radius 2 is 2.12 bits per heavy atom. The second-order valence-electron chi connectivity index (χ2n) is 3.71. The molecule has 90 valence electrons. The molecule has 1 aromatic heterocycles. The van der Waals surface area contributed by atoms with Crippen LogP contribution in [0.4, 0.5) is 13.2 Å². The molecule has 0 radical (unpaired) electrons. The van der Waals surface area contributed by atoms with Crippen LogP contribution in [0.1, 0.15) is 10.5 Å². The number of aromatic nitrogens is 1. The van der Waals surface area contributed by atoms with E-state index in [0.717, 1.165) is 4.90 Å². The van der Waals surface area contributed by atoms with E-state index >= 15 is 0 Å². The minimum Gasteiger partial charge on any atom is -0.348 e. The standard InChI is InChI=1S/C10H13F3N2O/c1-14(7-10(11,12)13)6-9(16)8-4-3-5-15(8)2/h3-5H,6-7H2,1-2H3. The van der Waals surface area contributed by atoms with Crippen molar-refractivity contribution in [1.29, 1.82) is 0 Å². The number of halogens is 3. The van der Waals surface area contributed by atoms with Crippen LogP contribution in [0.15, 0.2) is 18.3 Å². The van der Waals surface area contributed by atoms with E-state index in [1.807, 2.05) is 0 Å². The van der Waals surface area contributed by atoms with E-state index in [-0.39, 0.29) is 12.3 Å². The van der Waals surface area contributed by atoms with Gasteiger partial charge >= 0.3 is 6.18 Å². The third kappa shape index (κ3) is 3.69. The second kappa shape index (κ2) is 4.69. The predicted molar refractivity (Wildman–Crippen MR) is 53.3 cm³/mol. The molecule has 0 fully saturated rings. The van der Waals surface area contributed by atoms with Crippen molar-refractivity contribution in [2.45, 2.75) is 6.18 Å². The Labute approximate surface area is 91.5 Å². The number of Topliss-reactive ketones (excluding diaryl/α,β-unsaturated/α-hetero) is 1. The van der Waals surface area contributed by atoms with Gasteiger partial charge in [-0.1, -0.05) is 0 Å². The monoisotopic (exact) mass is 234 g/mol. The highest BCUT2D eigenvalue weighted by atomic mass is 19.4. The molecule has 0 unspecified atom stereocenters. The summed E-state index contributed by atoms with van der Waals surface area (Å²) in [5.74, 6) is -0.320. The van der Waals surface area contributed by atoms with E-state index in [1.165, 1.54) is 7.05 Å². The first-order valence-corrected chi connectivity index (χ1v) is 4.69. The maximum Gasteiger partial charge on any atom is 0.401 e. The van der Waals surface area contributed by atoms with Gasteiger partial charge in [-0.25, -0.2) is 0 Å². The van der Waals surface area contributed by atoms with Crippen molar-refractivity contribution >= 4 is 5.78 Å². The third-order valence-corrected chi connectivity index (χ3v) is 2.09. The van der Waals surface area contributed by atoms with Gasteiger partial charge in [-0.3, -0.25) is 9.69 Å².